The molecule has 112 valence electrons. The van der Waals surface area contributed by atoms with Gasteiger partial charge in [-0.2, -0.15) is 0 Å². The molecule has 2 aromatic rings. The van der Waals surface area contributed by atoms with Gasteiger partial charge in [0.25, 0.3) is 0 Å². The van der Waals surface area contributed by atoms with Crippen molar-refractivity contribution >= 4 is 11.6 Å². The van der Waals surface area contributed by atoms with E-state index in [2.05, 4.69) is 42.5 Å². The number of benzene rings is 2. The van der Waals surface area contributed by atoms with E-state index in [1.54, 1.807) is 18.2 Å². The molecule has 21 heavy (non-hydrogen) atoms. The van der Waals surface area contributed by atoms with Gasteiger partial charge < -0.3 is 15.3 Å². The third-order valence-corrected chi connectivity index (χ3v) is 3.67. The van der Waals surface area contributed by atoms with E-state index in [0.29, 0.717) is 11.6 Å². The van der Waals surface area contributed by atoms with Crippen LogP contribution in [-0.2, 0) is 19.6 Å². The third-order valence-electron chi connectivity index (χ3n) is 3.32. The fourth-order valence-electron chi connectivity index (χ4n) is 2.27. The van der Waals surface area contributed by atoms with Crippen LogP contribution < -0.4 is 5.32 Å². The van der Waals surface area contributed by atoms with E-state index in [9.17, 15) is 5.11 Å². The molecule has 2 N–H and O–H groups in total. The number of nitrogens with zero attached hydrogens (tertiary/aromatic N) is 1. The molecule has 0 fully saturated rings. The van der Waals surface area contributed by atoms with Crippen LogP contribution in [0.3, 0.4) is 0 Å². The van der Waals surface area contributed by atoms with E-state index in [1.807, 2.05) is 6.07 Å². The predicted molar refractivity (Wildman–Crippen MR) is 87.5 cm³/mol. The van der Waals surface area contributed by atoms with E-state index in [4.69, 9.17) is 11.6 Å². The second-order valence-electron chi connectivity index (χ2n) is 5.35. The van der Waals surface area contributed by atoms with Gasteiger partial charge in [0.15, 0.2) is 0 Å². The lowest BCUT2D eigenvalue weighted by molar-refractivity contribution is 0.400. The maximum atomic E-state index is 9.83. The van der Waals surface area contributed by atoms with Crippen LogP contribution in [0.2, 0.25) is 5.02 Å². The standard InChI is InChI=1S/C17H21ClN2O/c1-20(2)12-14-7-4-3-6-13(14)10-19-11-15-16(18)8-5-9-17(15)21/h3-9,19,21H,10-12H2,1-2H3. The Morgan fingerprint density at radius 2 is 1.71 bits per heavy atom. The summed E-state index contributed by atoms with van der Waals surface area (Å²) in [6, 6.07) is 13.6. The highest BCUT2D eigenvalue weighted by molar-refractivity contribution is 6.31. The molecule has 0 atom stereocenters. The lowest BCUT2D eigenvalue weighted by Crippen LogP contribution is -2.17. The second-order valence-corrected chi connectivity index (χ2v) is 5.75. The molecule has 0 spiro atoms. The number of halogens is 1. The maximum absolute atomic E-state index is 9.83. The van der Waals surface area contributed by atoms with Crippen molar-refractivity contribution in [2.75, 3.05) is 14.1 Å². The van der Waals surface area contributed by atoms with Gasteiger partial charge in [-0.1, -0.05) is 41.9 Å². The number of aromatic hydroxyl groups is 1. The van der Waals surface area contributed by atoms with Crippen molar-refractivity contribution in [1.29, 1.82) is 0 Å². The minimum Gasteiger partial charge on any atom is -0.508 e. The van der Waals surface area contributed by atoms with Crippen molar-refractivity contribution in [2.45, 2.75) is 19.6 Å². The second kappa shape index (κ2) is 7.46. The highest BCUT2D eigenvalue weighted by atomic mass is 35.5. The van der Waals surface area contributed by atoms with E-state index in [0.717, 1.165) is 18.7 Å². The number of phenolic OH excluding ortho intramolecular Hbond substituents is 1. The van der Waals surface area contributed by atoms with Gasteiger partial charge in [0, 0.05) is 30.2 Å². The zero-order valence-electron chi connectivity index (χ0n) is 12.4. The SMILES string of the molecule is CN(C)Cc1ccccc1CNCc1c(O)cccc1Cl. The highest BCUT2D eigenvalue weighted by Crippen LogP contribution is 2.25. The first kappa shape index (κ1) is 15.8. The van der Waals surface area contributed by atoms with Gasteiger partial charge in [0.1, 0.15) is 5.75 Å². The zero-order chi connectivity index (χ0) is 15.2. The van der Waals surface area contributed by atoms with Crippen LogP contribution >= 0.6 is 11.6 Å². The Morgan fingerprint density at radius 3 is 2.38 bits per heavy atom. The van der Waals surface area contributed by atoms with Crippen LogP contribution in [0.25, 0.3) is 0 Å². The first-order valence-corrected chi connectivity index (χ1v) is 7.34. The summed E-state index contributed by atoms with van der Waals surface area (Å²) in [7, 11) is 4.12. The van der Waals surface area contributed by atoms with E-state index < -0.39 is 0 Å². The maximum Gasteiger partial charge on any atom is 0.121 e. The van der Waals surface area contributed by atoms with Gasteiger partial charge in [-0.05, 0) is 37.4 Å². The molecule has 0 bridgehead atoms. The number of hydrogen-bond donors (Lipinski definition) is 2. The topological polar surface area (TPSA) is 35.5 Å². The summed E-state index contributed by atoms with van der Waals surface area (Å²) in [5, 5.41) is 13.8. The lowest BCUT2D eigenvalue weighted by Gasteiger charge is -2.15. The number of hydrogen-bond acceptors (Lipinski definition) is 3. The molecule has 0 aromatic heterocycles. The summed E-state index contributed by atoms with van der Waals surface area (Å²) in [6.45, 7) is 2.20. The summed E-state index contributed by atoms with van der Waals surface area (Å²) < 4.78 is 0. The van der Waals surface area contributed by atoms with Gasteiger partial charge >= 0.3 is 0 Å². The Morgan fingerprint density at radius 1 is 1.00 bits per heavy atom. The molecule has 3 nitrogen and oxygen atoms in total. The monoisotopic (exact) mass is 304 g/mol. The molecule has 0 saturated heterocycles. The van der Waals surface area contributed by atoms with Crippen molar-refractivity contribution in [3.63, 3.8) is 0 Å². The van der Waals surface area contributed by atoms with Crippen LogP contribution in [0.5, 0.6) is 5.75 Å². The van der Waals surface area contributed by atoms with Gasteiger partial charge in [-0.3, -0.25) is 0 Å². The molecule has 0 unspecified atom stereocenters. The van der Waals surface area contributed by atoms with Crippen molar-refractivity contribution < 1.29 is 5.11 Å². The van der Waals surface area contributed by atoms with Crippen molar-refractivity contribution in [1.82, 2.24) is 10.2 Å². The molecular formula is C17H21ClN2O. The molecule has 0 aliphatic rings. The highest BCUT2D eigenvalue weighted by Gasteiger charge is 2.07. The minimum atomic E-state index is 0.233. The van der Waals surface area contributed by atoms with Crippen molar-refractivity contribution in [3.8, 4) is 5.75 Å². The third kappa shape index (κ3) is 4.46. The normalized spacial score (nSPS) is 11.0. The molecular weight excluding hydrogens is 284 g/mol. The van der Waals surface area contributed by atoms with Gasteiger partial charge in [0.2, 0.25) is 0 Å². The number of nitrogens with one attached hydrogen (secondary N) is 1. The van der Waals surface area contributed by atoms with E-state index in [1.165, 1.54) is 11.1 Å². The van der Waals surface area contributed by atoms with Gasteiger partial charge in [0.05, 0.1) is 0 Å². The molecule has 0 amide bonds. The minimum absolute atomic E-state index is 0.233. The molecule has 2 aromatic carbocycles. The fourth-order valence-corrected chi connectivity index (χ4v) is 2.51. The summed E-state index contributed by atoms with van der Waals surface area (Å²) in [5.74, 6) is 0.233. The molecule has 0 saturated carbocycles. The molecule has 0 radical (unpaired) electrons. The Balaban J connectivity index is 2.01. The Kier molecular flexibility index (Phi) is 5.62. The summed E-state index contributed by atoms with van der Waals surface area (Å²) in [4.78, 5) is 2.15. The largest absolute Gasteiger partial charge is 0.508 e. The first-order chi connectivity index (χ1) is 10.1. The van der Waals surface area contributed by atoms with Crippen molar-refractivity contribution in [3.05, 3.63) is 64.2 Å². The Labute approximate surface area is 131 Å². The van der Waals surface area contributed by atoms with Crippen LogP contribution in [-0.4, -0.2) is 24.1 Å². The summed E-state index contributed by atoms with van der Waals surface area (Å²) >= 11 is 6.10. The average molecular weight is 305 g/mol. The van der Waals surface area contributed by atoms with Crippen molar-refractivity contribution in [2.24, 2.45) is 0 Å². The first-order valence-electron chi connectivity index (χ1n) is 6.96. The fraction of sp³-hybridized carbons (Fsp3) is 0.294. The van der Waals surface area contributed by atoms with Gasteiger partial charge in [-0.25, -0.2) is 0 Å². The van der Waals surface area contributed by atoms with Crippen LogP contribution in [0.1, 0.15) is 16.7 Å². The number of rotatable bonds is 6. The number of phenols is 1. The summed E-state index contributed by atoms with van der Waals surface area (Å²) in [6.07, 6.45) is 0. The van der Waals surface area contributed by atoms with Gasteiger partial charge in [-0.15, -0.1) is 0 Å². The molecule has 0 aliphatic carbocycles. The molecule has 0 heterocycles. The van der Waals surface area contributed by atoms with Crippen LogP contribution in [0.4, 0.5) is 0 Å². The lowest BCUT2D eigenvalue weighted by atomic mass is 10.1. The average Bonchev–Trinajstić information content (AvgIpc) is 2.43. The molecule has 2 rings (SSSR count). The summed E-state index contributed by atoms with van der Waals surface area (Å²) in [5.41, 5.74) is 3.31. The van der Waals surface area contributed by atoms with E-state index >= 15 is 0 Å². The van der Waals surface area contributed by atoms with Crippen LogP contribution in [0, 0.1) is 0 Å². The predicted octanol–water partition coefficient (Wildman–Crippen LogP) is 3.40. The Bertz CT molecular complexity index is 579. The molecule has 4 heteroatoms. The van der Waals surface area contributed by atoms with Crippen LogP contribution in [0.15, 0.2) is 42.5 Å². The smallest absolute Gasteiger partial charge is 0.121 e. The van der Waals surface area contributed by atoms with E-state index in [-0.39, 0.29) is 5.75 Å². The quantitative estimate of drug-likeness (QED) is 0.858. The zero-order valence-corrected chi connectivity index (χ0v) is 13.2. The Hall–Kier alpha value is -1.55. The molecule has 0 aliphatic heterocycles.